The molecule has 0 aliphatic carbocycles. The Morgan fingerprint density at radius 1 is 0.200 bits per heavy atom. The van der Waals surface area contributed by atoms with Gasteiger partial charge in [0.25, 0.3) is 0 Å². The van der Waals surface area contributed by atoms with Crippen molar-refractivity contribution in [3.05, 3.63) is 78.0 Å². The highest BCUT2D eigenvalue weighted by Crippen LogP contribution is 2.37. The number of hydrogen-bond donors (Lipinski definition) is 0. The van der Waals surface area contributed by atoms with Crippen molar-refractivity contribution >= 4 is 0 Å². The smallest absolute Gasteiger partial charge is 0.0836 e. The molecule has 0 bridgehead atoms. The van der Waals surface area contributed by atoms with Gasteiger partial charge < -0.3 is 66.3 Å². The van der Waals surface area contributed by atoms with Gasteiger partial charge in [0.2, 0.25) is 0 Å². The summed E-state index contributed by atoms with van der Waals surface area (Å²) in [4.78, 5) is 0. The fourth-order valence-corrected chi connectivity index (χ4v) is 9.54. The van der Waals surface area contributed by atoms with Crippen molar-refractivity contribution in [1.82, 2.24) is 0 Å². The van der Waals surface area contributed by atoms with Crippen LogP contribution in [0.15, 0.2) is 78.0 Å². The van der Waals surface area contributed by atoms with Crippen LogP contribution in [0.25, 0.3) is 0 Å². The maximum Gasteiger partial charge on any atom is 0.0836 e. The van der Waals surface area contributed by atoms with Gasteiger partial charge in [0.15, 0.2) is 0 Å². The number of methoxy groups -OCH3 is 7. The van der Waals surface area contributed by atoms with E-state index in [1.165, 1.54) is 11.1 Å². The zero-order valence-corrected chi connectivity index (χ0v) is 77.7. The van der Waals surface area contributed by atoms with Crippen LogP contribution >= 0.6 is 0 Å². The van der Waals surface area contributed by atoms with Gasteiger partial charge in [-0.1, -0.05) is 0 Å². The summed E-state index contributed by atoms with van der Waals surface area (Å²) in [5.41, 5.74) is 8.50. The van der Waals surface area contributed by atoms with Crippen molar-refractivity contribution < 1.29 is 88.2 Å². The molecular formula is C91H182O14. The summed E-state index contributed by atoms with van der Waals surface area (Å²) in [5.74, 6) is 0. The quantitative estimate of drug-likeness (QED) is 0.0558. The third-order valence-electron chi connectivity index (χ3n) is 23.0. The molecule has 0 N–H and O–H groups in total. The molecular weight excluding hydrogens is 1320 g/mol. The molecule has 0 amide bonds. The van der Waals surface area contributed by atoms with Crippen molar-refractivity contribution in [2.45, 2.75) is 417 Å². The molecule has 630 valence electrons. The molecule has 0 fully saturated rings. The summed E-state index contributed by atoms with van der Waals surface area (Å²) >= 11 is 0. The molecule has 0 aliphatic rings. The normalized spacial score (nSPS) is 18.9. The van der Waals surface area contributed by atoms with Crippen molar-refractivity contribution in [2.75, 3.05) is 95.9 Å². The lowest BCUT2D eigenvalue weighted by molar-refractivity contribution is 0.0109. The molecule has 0 saturated carbocycles. The fourth-order valence-electron chi connectivity index (χ4n) is 9.54. The van der Waals surface area contributed by atoms with E-state index in [2.05, 4.69) is 20.8 Å². The van der Waals surface area contributed by atoms with Gasteiger partial charge in [-0.15, -0.1) is 0 Å². The van der Waals surface area contributed by atoms with Crippen molar-refractivity contribution in [1.29, 1.82) is 0 Å². The molecule has 0 rings (SSSR count). The Morgan fingerprint density at radius 2 is 0.381 bits per heavy atom. The Labute approximate surface area is 677 Å². The molecule has 0 aromatic rings. The zero-order valence-electron chi connectivity index (χ0n) is 93.7. The van der Waals surface area contributed by atoms with Crippen LogP contribution in [0.3, 0.4) is 0 Å². The Balaban J connectivity index is -0.000000251. The lowest BCUT2D eigenvalue weighted by atomic mass is 9.87. The van der Waals surface area contributed by atoms with Crippen LogP contribution < -0.4 is 0 Å². The second kappa shape index (κ2) is 49.2. The largest absolute Gasteiger partial charge is 0.374 e. The van der Waals surface area contributed by atoms with E-state index >= 15 is 0 Å². The maximum absolute atomic E-state index is 7.58. The van der Waals surface area contributed by atoms with Gasteiger partial charge in [-0.3, -0.25) is 0 Å². The summed E-state index contributed by atoms with van der Waals surface area (Å²) < 4.78 is 193. The SMILES string of the molecule is [2H]C(C)OC(C)(C)/C(C)=C(/C)C(C)(C)OC.[2H]C(OC(C)(C)/C(C)=C(/C)C(C)(C)OC)C([2H])([2H])[2H].[2H]C([2H])([2H])COC(C)(C)/C(C)=C(/C)C(C)(C)OC.[2H]C([2H])C([2H])OC(C)(C)/C(C)=C(/C)C(C)(C)OC.[2H]C([2H])COC(C)(C)/C(C)=C(/C)C(C)(C)OC.[2H]CC([2H])OC(C)(C)/C(C)=C(/C)C(C)(C)OC.[2H]CCOC(C)(C)/C(C)=C(/C)C(C)(C)OC. The lowest BCUT2D eigenvalue weighted by Gasteiger charge is -2.33. The van der Waals surface area contributed by atoms with Gasteiger partial charge in [0, 0.05) is 112 Å². The predicted octanol–water partition coefficient (Wildman–Crippen LogP) is 24.9. The molecule has 0 aliphatic heterocycles. The van der Waals surface area contributed by atoms with E-state index < -0.39 is 98.6 Å². The molecule has 0 aromatic carbocycles. The topological polar surface area (TPSA) is 129 Å². The Morgan fingerprint density at radius 3 is 0.552 bits per heavy atom. The first-order valence-electron chi connectivity index (χ1n) is 45.7. The third kappa shape index (κ3) is 40.1. The van der Waals surface area contributed by atoms with Gasteiger partial charge in [0.1, 0.15) is 0 Å². The van der Waals surface area contributed by atoms with E-state index in [4.69, 9.17) is 88.2 Å². The summed E-state index contributed by atoms with van der Waals surface area (Å²) in [6.07, 6.45) is 0. The first-order valence-corrected chi connectivity index (χ1v) is 36.6. The van der Waals surface area contributed by atoms with Gasteiger partial charge in [-0.2, -0.15) is 0 Å². The first-order chi connectivity index (χ1) is 53.4. The summed E-state index contributed by atoms with van der Waals surface area (Å²) in [6, 6.07) is 0. The second-order valence-electron chi connectivity index (χ2n) is 33.4. The molecule has 4 unspecified atom stereocenters. The Hall–Kier alpha value is -2.38. The molecule has 105 heavy (non-hydrogen) atoms. The highest BCUT2D eigenvalue weighted by atomic mass is 16.5. The van der Waals surface area contributed by atoms with Crippen LogP contribution in [0.1, 0.15) is 361 Å². The molecule has 0 aromatic heterocycles. The van der Waals surface area contributed by atoms with Crippen molar-refractivity contribution in [2.24, 2.45) is 0 Å². The molecule has 0 heterocycles. The molecule has 4 atom stereocenters. The van der Waals surface area contributed by atoms with Gasteiger partial charge in [-0.25, -0.2) is 0 Å². The van der Waals surface area contributed by atoms with Crippen LogP contribution in [0, 0.1) is 0 Å². The minimum atomic E-state index is -2.44. The van der Waals surface area contributed by atoms with Gasteiger partial charge >= 0.3 is 0 Å². The Kier molecular flexibility index (Phi) is 39.8. The van der Waals surface area contributed by atoms with Crippen molar-refractivity contribution in [3.63, 3.8) is 0 Å². The number of ether oxygens (including phenoxy) is 14. The minimum Gasteiger partial charge on any atom is -0.374 e. The van der Waals surface area contributed by atoms with Gasteiger partial charge in [-0.05, 0) is 417 Å². The van der Waals surface area contributed by atoms with Crippen LogP contribution in [-0.4, -0.2) is 174 Å². The predicted molar refractivity (Wildman–Crippen MR) is 456 cm³/mol. The fraction of sp³-hybridized carbons (Fsp3) is 0.846. The monoisotopic (exact) mass is 1520 g/mol. The average molecular weight is 1520 g/mol. The molecule has 14 heteroatoms. The van der Waals surface area contributed by atoms with E-state index in [0.29, 0.717) is 13.5 Å². The van der Waals surface area contributed by atoms with E-state index in [9.17, 15) is 0 Å². The summed E-state index contributed by atoms with van der Waals surface area (Å²) in [6.45, 7) is 74.2. The molecule has 0 spiro atoms. The van der Waals surface area contributed by atoms with E-state index in [1.807, 2.05) is 256 Å². The van der Waals surface area contributed by atoms with Gasteiger partial charge in [0.05, 0.1) is 83.9 Å². The number of hydrogen-bond acceptors (Lipinski definition) is 14. The molecule has 14 nitrogen and oxygen atoms in total. The zero-order chi connectivity index (χ0) is 99.0. The molecule has 0 saturated heterocycles. The van der Waals surface area contributed by atoms with Crippen LogP contribution in [0.4, 0.5) is 0 Å². The average Bonchev–Trinajstić information content (AvgIpc) is 0.832. The van der Waals surface area contributed by atoms with Crippen molar-refractivity contribution in [3.8, 4) is 0 Å². The highest BCUT2D eigenvalue weighted by molar-refractivity contribution is 5.31. The highest BCUT2D eigenvalue weighted by Gasteiger charge is 2.35. The molecule has 0 radical (unpaired) electrons. The van der Waals surface area contributed by atoms with Crippen LogP contribution in [-0.2, 0) is 66.3 Å². The standard InChI is InChI=1S/7C13H26O2/c7*1-9-15-13(6,7)11(3)10(2)12(4,5)14-8/h7*9H2,1-8H3/b7*11-10-/i1D3,9D;1D2,9D;1D,9D;9D;1D3;1D2;1D. The minimum absolute atomic E-state index is 0.0522. The Bertz CT molecular complexity index is 3230. The van der Waals surface area contributed by atoms with E-state index in [-0.39, 0.29) is 53.7 Å². The second-order valence-corrected chi connectivity index (χ2v) is 33.4. The summed E-state index contributed by atoms with van der Waals surface area (Å²) in [7, 11) is 11.7. The maximum atomic E-state index is 7.58. The lowest BCUT2D eigenvalue weighted by Crippen LogP contribution is -2.32. The third-order valence-corrected chi connectivity index (χ3v) is 23.0. The first kappa shape index (κ1) is 85.1. The van der Waals surface area contributed by atoms with E-state index in [1.54, 1.807) is 70.5 Å². The number of rotatable bonds is 35. The van der Waals surface area contributed by atoms with E-state index in [0.717, 1.165) is 66.9 Å². The van der Waals surface area contributed by atoms with Crippen LogP contribution in [0.2, 0.25) is 0 Å². The summed E-state index contributed by atoms with van der Waals surface area (Å²) in [5, 5.41) is 0. The van der Waals surface area contributed by atoms with Crippen LogP contribution in [0.5, 0.6) is 0 Å².